The highest BCUT2D eigenvalue weighted by Crippen LogP contribution is 2.53. The van der Waals surface area contributed by atoms with Crippen LogP contribution in [0.2, 0.25) is 0 Å². The Kier molecular flexibility index (Phi) is 17.4. The van der Waals surface area contributed by atoms with Crippen LogP contribution in [-0.4, -0.2) is 26.4 Å². The molecule has 4 nitrogen and oxygen atoms in total. The second-order valence-electron chi connectivity index (χ2n) is 17.7. The second kappa shape index (κ2) is 23.7. The highest BCUT2D eigenvalue weighted by Gasteiger charge is 2.27. The van der Waals surface area contributed by atoms with Crippen molar-refractivity contribution in [1.82, 2.24) is 0 Å². The van der Waals surface area contributed by atoms with Crippen LogP contribution in [0, 0.1) is 0 Å². The number of benzene rings is 5. The van der Waals surface area contributed by atoms with Crippen molar-refractivity contribution in [3.8, 4) is 45.3 Å². The number of rotatable bonds is 14. The summed E-state index contributed by atoms with van der Waals surface area (Å²) >= 11 is 0. The first-order chi connectivity index (χ1) is 29.8. The van der Waals surface area contributed by atoms with E-state index in [0.29, 0.717) is 26.4 Å². The van der Waals surface area contributed by atoms with Gasteiger partial charge in [-0.3, -0.25) is 0 Å². The second-order valence-corrected chi connectivity index (χ2v) is 17.7. The molecule has 0 saturated carbocycles. The zero-order valence-corrected chi connectivity index (χ0v) is 37.4. The molecule has 0 spiro atoms. The molecule has 0 fully saturated rings. The topological polar surface area (TPSA) is 36.9 Å². The summed E-state index contributed by atoms with van der Waals surface area (Å²) in [7, 11) is 0. The summed E-state index contributed by atoms with van der Waals surface area (Å²) < 4.78 is 28.0. The fraction of sp³-hybridized carbons (Fsp3) is 0.536. The zero-order valence-electron chi connectivity index (χ0n) is 37.4. The van der Waals surface area contributed by atoms with Crippen LogP contribution in [0.4, 0.5) is 0 Å². The van der Waals surface area contributed by atoms with Crippen LogP contribution >= 0.6 is 0 Å². The Morgan fingerprint density at radius 3 is 0.933 bits per heavy atom. The number of hydrogen-bond acceptors (Lipinski definition) is 4. The van der Waals surface area contributed by atoms with Gasteiger partial charge >= 0.3 is 0 Å². The lowest BCUT2D eigenvalue weighted by atomic mass is 9.84. The van der Waals surface area contributed by atoms with E-state index in [-0.39, 0.29) is 0 Å². The highest BCUT2D eigenvalue weighted by atomic mass is 16.5. The first-order valence-electron chi connectivity index (χ1n) is 24.6. The molecule has 0 saturated heterocycles. The van der Waals surface area contributed by atoms with Crippen molar-refractivity contribution < 1.29 is 18.9 Å². The van der Waals surface area contributed by atoms with Crippen LogP contribution in [0.3, 0.4) is 0 Å². The van der Waals surface area contributed by atoms with Gasteiger partial charge in [-0.15, -0.1) is 0 Å². The van der Waals surface area contributed by atoms with Gasteiger partial charge in [0.25, 0.3) is 0 Å². The molecule has 0 amide bonds. The van der Waals surface area contributed by atoms with Gasteiger partial charge in [-0.05, 0) is 108 Å². The van der Waals surface area contributed by atoms with Crippen LogP contribution in [0.25, 0.3) is 43.8 Å². The zero-order chi connectivity index (χ0) is 41.2. The lowest BCUT2D eigenvalue weighted by molar-refractivity contribution is 0.281. The summed E-state index contributed by atoms with van der Waals surface area (Å²) in [4.78, 5) is 0. The summed E-state index contributed by atoms with van der Waals surface area (Å²) in [6, 6.07) is 27.5. The van der Waals surface area contributed by atoms with Crippen LogP contribution in [0.1, 0.15) is 166 Å². The lowest BCUT2D eigenvalue weighted by Gasteiger charge is -2.24. The Labute approximate surface area is 362 Å². The summed E-state index contributed by atoms with van der Waals surface area (Å²) in [6.45, 7) is 7.39. The minimum absolute atomic E-state index is 0.699. The van der Waals surface area contributed by atoms with Gasteiger partial charge in [-0.1, -0.05) is 165 Å². The largest absolute Gasteiger partial charge is 0.493 e. The SMILES string of the molecule is CCCCCCCCc1cc2c3c(c1)OCCCCCCCOc1cc(CCCCCCCC)cc(c1-c1c4ccccc4c-3c3ccccc13)OCCCCCCCO2. The molecule has 0 N–H and O–H groups in total. The lowest BCUT2D eigenvalue weighted by Crippen LogP contribution is -2.05. The fourth-order valence-corrected chi connectivity index (χ4v) is 9.61. The summed E-state index contributed by atoms with van der Waals surface area (Å²) in [5.74, 6) is 3.86. The predicted octanol–water partition coefficient (Wildman–Crippen LogP) is 16.6. The molecule has 4 heteroatoms. The molecule has 60 heavy (non-hydrogen) atoms. The standard InChI is InChI=1S/C56H74O4/c1-3-5-7-9-13-19-29-43-39-49-55-50(40-43)58-36-26-16-12-18-28-38-60-52-42-44(30-20-14-10-8-6-4-2)41-51(59-37-27-17-11-15-25-35-57-49)56(52)54-47-33-23-21-31-45(47)53(55)46-32-22-24-34-48(46)54/h21-24,31-34,39-42H,3-20,25-30,35-38H2,1-2H3. The van der Waals surface area contributed by atoms with Gasteiger partial charge in [0, 0.05) is 11.1 Å². The van der Waals surface area contributed by atoms with E-state index in [0.717, 1.165) is 98.3 Å². The van der Waals surface area contributed by atoms with E-state index in [9.17, 15) is 0 Å². The van der Waals surface area contributed by atoms with Crippen molar-refractivity contribution in [2.75, 3.05) is 26.4 Å². The number of ether oxygens (including phenoxy) is 4. The normalized spacial score (nSPS) is 15.4. The molecular weight excluding hydrogens is 737 g/mol. The molecule has 2 aliphatic rings. The van der Waals surface area contributed by atoms with Crippen LogP contribution < -0.4 is 18.9 Å². The fourth-order valence-electron chi connectivity index (χ4n) is 9.61. The Hall–Kier alpha value is -4.18. The van der Waals surface area contributed by atoms with Crippen LogP contribution in [0.5, 0.6) is 23.0 Å². The molecule has 0 unspecified atom stereocenters. The van der Waals surface area contributed by atoms with Gasteiger partial charge in [-0.25, -0.2) is 0 Å². The van der Waals surface area contributed by atoms with Crippen molar-refractivity contribution in [3.63, 3.8) is 0 Å². The molecule has 2 heterocycles. The Morgan fingerprint density at radius 1 is 0.333 bits per heavy atom. The van der Waals surface area contributed by atoms with Crippen LogP contribution in [-0.2, 0) is 12.8 Å². The van der Waals surface area contributed by atoms with Gasteiger partial charge in [0.15, 0.2) is 0 Å². The maximum atomic E-state index is 7.00. The molecule has 2 aliphatic heterocycles. The summed E-state index contributed by atoms with van der Waals surface area (Å²) in [5.41, 5.74) is 7.23. The van der Waals surface area contributed by atoms with Gasteiger partial charge in [0.1, 0.15) is 23.0 Å². The average molecular weight is 811 g/mol. The molecule has 5 aromatic rings. The molecule has 0 atom stereocenters. The molecule has 322 valence electrons. The maximum absolute atomic E-state index is 7.00. The number of hydrogen-bond donors (Lipinski definition) is 0. The van der Waals surface area contributed by atoms with E-state index in [4.69, 9.17) is 18.9 Å². The van der Waals surface area contributed by atoms with Gasteiger partial charge in [0.2, 0.25) is 0 Å². The number of fused-ring (bicyclic) bond motifs is 1. The highest BCUT2D eigenvalue weighted by molar-refractivity contribution is 6.23. The van der Waals surface area contributed by atoms with Crippen molar-refractivity contribution in [2.45, 2.75) is 168 Å². The molecule has 0 aliphatic carbocycles. The first kappa shape index (κ1) is 43.9. The number of aryl methyl sites for hydroxylation is 2. The third kappa shape index (κ3) is 11.6. The van der Waals surface area contributed by atoms with Gasteiger partial charge < -0.3 is 18.9 Å². The van der Waals surface area contributed by atoms with Gasteiger partial charge in [-0.2, -0.15) is 0 Å². The Morgan fingerprint density at radius 2 is 0.617 bits per heavy atom. The number of unbranched alkanes of at least 4 members (excludes halogenated alkanes) is 10. The smallest absolute Gasteiger partial charge is 0.131 e. The molecule has 5 aromatic carbocycles. The predicted molar refractivity (Wildman–Crippen MR) is 255 cm³/mol. The van der Waals surface area contributed by atoms with Crippen molar-refractivity contribution in [3.05, 3.63) is 83.9 Å². The van der Waals surface area contributed by atoms with Crippen molar-refractivity contribution in [1.29, 1.82) is 0 Å². The van der Waals surface area contributed by atoms with E-state index >= 15 is 0 Å². The minimum Gasteiger partial charge on any atom is -0.493 e. The Balaban J connectivity index is 1.44. The van der Waals surface area contributed by atoms with E-state index in [1.54, 1.807) is 0 Å². The van der Waals surface area contributed by atoms with E-state index in [2.05, 4.69) is 86.6 Å². The minimum atomic E-state index is 0.699. The molecular formula is C56H74O4. The average Bonchev–Trinajstić information content (AvgIpc) is 3.27. The third-order valence-corrected chi connectivity index (χ3v) is 12.9. The Bertz CT molecular complexity index is 1810. The quantitative estimate of drug-likeness (QED) is 0.0827. The molecule has 7 rings (SSSR count). The third-order valence-electron chi connectivity index (χ3n) is 12.9. The molecule has 0 radical (unpaired) electrons. The van der Waals surface area contributed by atoms with Crippen molar-refractivity contribution in [2.24, 2.45) is 0 Å². The molecule has 4 bridgehead atoms. The van der Waals surface area contributed by atoms with E-state index in [1.807, 2.05) is 0 Å². The monoisotopic (exact) mass is 811 g/mol. The van der Waals surface area contributed by atoms with Gasteiger partial charge in [0.05, 0.1) is 37.6 Å². The molecule has 0 aromatic heterocycles. The van der Waals surface area contributed by atoms with Crippen LogP contribution in [0.15, 0.2) is 72.8 Å². The summed E-state index contributed by atoms with van der Waals surface area (Å²) in [5, 5.41) is 4.80. The van der Waals surface area contributed by atoms with Crippen molar-refractivity contribution >= 4 is 21.5 Å². The first-order valence-corrected chi connectivity index (χ1v) is 24.6. The van der Waals surface area contributed by atoms with E-state index in [1.165, 1.54) is 134 Å². The maximum Gasteiger partial charge on any atom is 0.131 e. The summed E-state index contributed by atoms with van der Waals surface area (Å²) in [6.07, 6.45) is 28.6. The van der Waals surface area contributed by atoms with E-state index < -0.39 is 0 Å².